The third-order valence-electron chi connectivity index (χ3n) is 8.80. The van der Waals surface area contributed by atoms with Gasteiger partial charge in [0.05, 0.1) is 5.54 Å². The van der Waals surface area contributed by atoms with Crippen molar-refractivity contribution in [2.75, 3.05) is 40.3 Å². The van der Waals surface area contributed by atoms with Gasteiger partial charge in [0, 0.05) is 45.2 Å². The summed E-state index contributed by atoms with van der Waals surface area (Å²) in [6, 6.07) is 11.1. The Kier molecular flexibility index (Phi) is 7.56. The highest BCUT2D eigenvalue weighted by atomic mass is 16.2. The molecule has 6 nitrogen and oxygen atoms in total. The highest BCUT2D eigenvalue weighted by Gasteiger charge is 2.55. The average Bonchev–Trinajstić information content (AvgIpc) is 3.05. The highest BCUT2D eigenvalue weighted by Crippen LogP contribution is 2.50. The fraction of sp³-hybridized carbons (Fsp3) is 0.714. The van der Waals surface area contributed by atoms with E-state index in [2.05, 4.69) is 66.3 Å². The number of benzene rings is 1. The van der Waals surface area contributed by atoms with Crippen LogP contribution in [0.3, 0.4) is 0 Å². The highest BCUT2D eigenvalue weighted by molar-refractivity contribution is 5.80. The predicted molar refractivity (Wildman–Crippen MR) is 136 cm³/mol. The Morgan fingerprint density at radius 3 is 2.38 bits per heavy atom. The molecule has 0 bridgehead atoms. The number of carbonyl (C=O) groups is 2. The molecule has 2 aliphatic carbocycles. The van der Waals surface area contributed by atoms with Gasteiger partial charge in [-0.1, -0.05) is 50.6 Å². The van der Waals surface area contributed by atoms with Gasteiger partial charge in [-0.25, -0.2) is 4.79 Å². The largest absolute Gasteiger partial charge is 0.359 e. The Morgan fingerprint density at radius 1 is 1.15 bits per heavy atom. The fourth-order valence-electron chi connectivity index (χ4n) is 6.54. The predicted octanol–water partition coefficient (Wildman–Crippen LogP) is 4.46. The summed E-state index contributed by atoms with van der Waals surface area (Å²) < 4.78 is 0. The molecule has 0 radical (unpaired) electrons. The van der Waals surface area contributed by atoms with Crippen LogP contribution in [0.25, 0.3) is 0 Å². The van der Waals surface area contributed by atoms with Gasteiger partial charge in [-0.3, -0.25) is 9.69 Å². The van der Waals surface area contributed by atoms with E-state index >= 15 is 0 Å². The first-order valence-electron chi connectivity index (χ1n) is 13.3. The van der Waals surface area contributed by atoms with Crippen molar-refractivity contribution in [3.05, 3.63) is 35.9 Å². The maximum absolute atomic E-state index is 13.6. The van der Waals surface area contributed by atoms with Crippen molar-refractivity contribution >= 4 is 11.9 Å². The van der Waals surface area contributed by atoms with Crippen molar-refractivity contribution in [1.29, 1.82) is 0 Å². The van der Waals surface area contributed by atoms with Crippen LogP contribution in [-0.4, -0.2) is 72.5 Å². The molecular weight excluding hydrogens is 424 g/mol. The first-order chi connectivity index (χ1) is 16.3. The van der Waals surface area contributed by atoms with Gasteiger partial charge < -0.3 is 15.1 Å². The molecule has 34 heavy (non-hydrogen) atoms. The first kappa shape index (κ1) is 25.0. The first-order valence-corrected chi connectivity index (χ1v) is 13.3. The molecule has 1 aliphatic heterocycles. The zero-order valence-electron chi connectivity index (χ0n) is 21.7. The summed E-state index contributed by atoms with van der Waals surface area (Å²) in [6.45, 7) is 7.80. The Balaban J connectivity index is 1.57. The number of nitrogens with zero attached hydrogens (tertiary/aromatic N) is 3. The summed E-state index contributed by atoms with van der Waals surface area (Å²) in [7, 11) is 3.95. The molecule has 3 fully saturated rings. The van der Waals surface area contributed by atoms with Crippen molar-refractivity contribution in [3.63, 3.8) is 0 Å². The van der Waals surface area contributed by atoms with E-state index in [0.29, 0.717) is 24.8 Å². The molecule has 2 saturated carbocycles. The Labute approximate surface area is 206 Å². The fourth-order valence-corrected chi connectivity index (χ4v) is 6.54. The van der Waals surface area contributed by atoms with E-state index in [1.54, 1.807) is 7.05 Å². The van der Waals surface area contributed by atoms with Crippen LogP contribution in [-0.2, 0) is 10.3 Å². The monoisotopic (exact) mass is 468 g/mol. The van der Waals surface area contributed by atoms with E-state index < -0.39 is 0 Å². The molecule has 3 amide bonds. The molecule has 4 rings (SSSR count). The van der Waals surface area contributed by atoms with Gasteiger partial charge in [-0.15, -0.1) is 0 Å². The van der Waals surface area contributed by atoms with Gasteiger partial charge in [0.15, 0.2) is 0 Å². The van der Waals surface area contributed by atoms with Crippen LogP contribution in [0.15, 0.2) is 30.3 Å². The number of carbonyl (C=O) groups excluding carboxylic acids is 2. The topological polar surface area (TPSA) is 55.9 Å². The molecule has 1 aromatic carbocycles. The van der Waals surface area contributed by atoms with Gasteiger partial charge in [-0.05, 0) is 63.0 Å². The number of nitrogens with one attached hydrogen (secondary N) is 1. The number of amides is 3. The van der Waals surface area contributed by atoms with Gasteiger partial charge >= 0.3 is 6.03 Å². The van der Waals surface area contributed by atoms with Gasteiger partial charge in [0.25, 0.3) is 0 Å². The van der Waals surface area contributed by atoms with E-state index in [4.69, 9.17) is 0 Å². The van der Waals surface area contributed by atoms with Crippen LogP contribution in [0.5, 0.6) is 0 Å². The van der Waals surface area contributed by atoms with Crippen LogP contribution < -0.4 is 5.32 Å². The lowest BCUT2D eigenvalue weighted by Crippen LogP contribution is -2.57. The van der Waals surface area contributed by atoms with E-state index in [0.717, 1.165) is 45.3 Å². The second-order valence-corrected chi connectivity index (χ2v) is 11.4. The number of rotatable bonds is 9. The lowest BCUT2D eigenvalue weighted by atomic mass is 9.67. The Bertz CT molecular complexity index is 843. The molecule has 1 aromatic rings. The van der Waals surface area contributed by atoms with E-state index in [-0.39, 0.29) is 23.0 Å². The van der Waals surface area contributed by atoms with Gasteiger partial charge in [0.1, 0.15) is 0 Å². The Morgan fingerprint density at radius 2 is 1.82 bits per heavy atom. The number of hydrogen-bond acceptors (Lipinski definition) is 3. The SMILES string of the molecule is CNC(=O)CCN1C[C@]2(CC[C@@](c3ccccc3)(N(C)CC(C)C)CC2)N(CC2CCC2)C1=O. The molecule has 1 saturated heterocycles. The normalized spacial score (nSPS) is 27.6. The molecule has 1 heterocycles. The molecule has 6 heteroatoms. The van der Waals surface area contributed by atoms with Crippen molar-refractivity contribution in [2.45, 2.75) is 76.3 Å². The summed E-state index contributed by atoms with van der Waals surface area (Å²) in [6.07, 6.45) is 8.28. The van der Waals surface area contributed by atoms with Crippen molar-refractivity contribution in [3.8, 4) is 0 Å². The summed E-state index contributed by atoms with van der Waals surface area (Å²) >= 11 is 0. The summed E-state index contributed by atoms with van der Waals surface area (Å²) in [5, 5.41) is 2.70. The smallest absolute Gasteiger partial charge is 0.320 e. The van der Waals surface area contributed by atoms with Crippen molar-refractivity contribution < 1.29 is 9.59 Å². The average molecular weight is 469 g/mol. The number of hydrogen-bond donors (Lipinski definition) is 1. The molecule has 3 aliphatic rings. The molecule has 0 atom stereocenters. The second-order valence-electron chi connectivity index (χ2n) is 11.4. The van der Waals surface area contributed by atoms with Gasteiger partial charge in [0.2, 0.25) is 5.91 Å². The van der Waals surface area contributed by atoms with E-state index in [9.17, 15) is 9.59 Å². The minimum atomic E-state index is -0.105. The third-order valence-corrected chi connectivity index (χ3v) is 8.80. The zero-order chi connectivity index (χ0) is 24.3. The van der Waals surface area contributed by atoms with Crippen LogP contribution >= 0.6 is 0 Å². The summed E-state index contributed by atoms with van der Waals surface area (Å²) in [4.78, 5) is 32.2. The quantitative estimate of drug-likeness (QED) is 0.582. The van der Waals surface area contributed by atoms with Crippen molar-refractivity contribution in [2.24, 2.45) is 11.8 Å². The summed E-state index contributed by atoms with van der Waals surface area (Å²) in [5.74, 6) is 1.25. The van der Waals surface area contributed by atoms with Crippen LogP contribution in [0.1, 0.15) is 70.8 Å². The zero-order valence-corrected chi connectivity index (χ0v) is 21.7. The second kappa shape index (κ2) is 10.3. The third kappa shape index (κ3) is 4.84. The maximum atomic E-state index is 13.6. The minimum Gasteiger partial charge on any atom is -0.359 e. The van der Waals surface area contributed by atoms with E-state index in [1.165, 1.54) is 24.8 Å². The maximum Gasteiger partial charge on any atom is 0.320 e. The number of urea groups is 1. The molecule has 1 N–H and O–H groups in total. The molecule has 1 spiro atoms. The molecule has 188 valence electrons. The van der Waals surface area contributed by atoms with Crippen LogP contribution in [0.2, 0.25) is 0 Å². The van der Waals surface area contributed by atoms with E-state index in [1.807, 2.05) is 4.90 Å². The van der Waals surface area contributed by atoms with Crippen LogP contribution in [0.4, 0.5) is 4.79 Å². The molecular formula is C28H44N4O2. The lowest BCUT2D eigenvalue weighted by Gasteiger charge is -2.52. The molecule has 0 aromatic heterocycles. The lowest BCUT2D eigenvalue weighted by molar-refractivity contribution is -0.120. The van der Waals surface area contributed by atoms with Gasteiger partial charge in [-0.2, -0.15) is 0 Å². The Hall–Kier alpha value is -2.08. The standard InChI is InChI=1S/C28H44N4O2/c1-22(2)19-30(4)28(24-11-6-5-7-12-24)16-14-27(15-17-28)21-31(18-13-25(33)29-3)26(34)32(27)20-23-9-8-10-23/h5-7,11-12,22-23H,8-10,13-21H2,1-4H3,(H,29,33)/t27-,28-. The summed E-state index contributed by atoms with van der Waals surface area (Å²) in [5.41, 5.74) is 1.31. The van der Waals surface area contributed by atoms with Crippen molar-refractivity contribution in [1.82, 2.24) is 20.0 Å². The van der Waals surface area contributed by atoms with Crippen LogP contribution in [0, 0.1) is 11.8 Å². The molecule has 0 unspecified atom stereocenters. The minimum absolute atomic E-state index is 0.00124.